The molecule has 0 radical (unpaired) electrons. The second kappa shape index (κ2) is 4.59. The van der Waals surface area contributed by atoms with Crippen molar-refractivity contribution in [3.63, 3.8) is 0 Å². The van der Waals surface area contributed by atoms with Crippen LogP contribution >= 0.6 is 12.9 Å². The van der Waals surface area contributed by atoms with Crippen molar-refractivity contribution < 1.29 is 13.8 Å². The Labute approximate surface area is 104 Å². The molecular formula is C13H10O3S. The van der Waals surface area contributed by atoms with Crippen LogP contribution in [0.25, 0.3) is 10.8 Å². The number of hydrogen-bond donors (Lipinski definition) is 1. The fraction of sp³-hybridized carbons (Fsp3) is 0.0769. The van der Waals surface area contributed by atoms with Crippen molar-refractivity contribution in [1.29, 1.82) is 0 Å². The summed E-state index contributed by atoms with van der Waals surface area (Å²) in [7, 11) is 0. The van der Waals surface area contributed by atoms with Crippen LogP contribution in [0.4, 0.5) is 0 Å². The first kappa shape index (κ1) is 11.7. The molecule has 0 heterocycles. The molecule has 0 unspecified atom stereocenters. The van der Waals surface area contributed by atoms with Gasteiger partial charge in [0, 0.05) is 18.5 Å². The molecule has 0 saturated carbocycles. The summed E-state index contributed by atoms with van der Waals surface area (Å²) in [6.45, 7) is 1.52. The SMILES string of the molecule is CC(=O)c1ccc2cc(C(=O)OS)ccc2c1. The van der Waals surface area contributed by atoms with Gasteiger partial charge in [0.1, 0.15) is 0 Å². The predicted octanol–water partition coefficient (Wildman–Crippen LogP) is 3.04. The molecule has 0 amide bonds. The molecule has 86 valence electrons. The summed E-state index contributed by atoms with van der Waals surface area (Å²) in [5.74, 6) is -0.475. The lowest BCUT2D eigenvalue weighted by Crippen LogP contribution is -1.98. The van der Waals surface area contributed by atoms with Crippen molar-refractivity contribution in [2.24, 2.45) is 0 Å². The van der Waals surface area contributed by atoms with Crippen LogP contribution < -0.4 is 0 Å². The number of fused-ring (bicyclic) bond motifs is 1. The highest BCUT2D eigenvalue weighted by Gasteiger charge is 2.07. The molecule has 3 nitrogen and oxygen atoms in total. The molecule has 0 saturated heterocycles. The van der Waals surface area contributed by atoms with Crippen LogP contribution in [0.5, 0.6) is 0 Å². The van der Waals surface area contributed by atoms with E-state index in [4.69, 9.17) is 0 Å². The number of rotatable bonds is 2. The number of benzene rings is 2. The number of Topliss-reactive ketones (excluding diaryl/α,β-unsaturated/α-hetero) is 1. The smallest absolute Gasteiger partial charge is 0.349 e. The zero-order valence-electron chi connectivity index (χ0n) is 9.14. The van der Waals surface area contributed by atoms with Gasteiger partial charge in [-0.2, -0.15) is 0 Å². The fourth-order valence-electron chi connectivity index (χ4n) is 1.64. The first-order chi connectivity index (χ1) is 8.11. The van der Waals surface area contributed by atoms with Crippen molar-refractivity contribution in [3.05, 3.63) is 47.5 Å². The van der Waals surface area contributed by atoms with Crippen molar-refractivity contribution in [3.8, 4) is 0 Å². The summed E-state index contributed by atoms with van der Waals surface area (Å²) in [6.07, 6.45) is 0. The van der Waals surface area contributed by atoms with Crippen LogP contribution in [0, 0.1) is 0 Å². The molecule has 0 N–H and O–H groups in total. The topological polar surface area (TPSA) is 43.4 Å². The van der Waals surface area contributed by atoms with E-state index < -0.39 is 5.97 Å². The third-order valence-electron chi connectivity index (χ3n) is 2.57. The van der Waals surface area contributed by atoms with E-state index in [9.17, 15) is 9.59 Å². The number of carbonyl (C=O) groups is 2. The first-order valence-corrected chi connectivity index (χ1v) is 5.39. The van der Waals surface area contributed by atoms with Crippen LogP contribution in [-0.2, 0) is 4.18 Å². The van der Waals surface area contributed by atoms with E-state index in [1.54, 1.807) is 36.4 Å². The molecule has 0 aliphatic rings. The number of ketones is 1. The average molecular weight is 246 g/mol. The minimum Gasteiger partial charge on any atom is -0.391 e. The van der Waals surface area contributed by atoms with Gasteiger partial charge in [-0.25, -0.2) is 4.79 Å². The second-order valence-electron chi connectivity index (χ2n) is 3.71. The largest absolute Gasteiger partial charge is 0.391 e. The van der Waals surface area contributed by atoms with Gasteiger partial charge in [0.2, 0.25) is 0 Å². The van der Waals surface area contributed by atoms with Crippen LogP contribution in [0.15, 0.2) is 36.4 Å². The van der Waals surface area contributed by atoms with Gasteiger partial charge in [-0.1, -0.05) is 18.2 Å². The highest BCUT2D eigenvalue weighted by Crippen LogP contribution is 2.19. The minimum absolute atomic E-state index is 0.0192. The summed E-state index contributed by atoms with van der Waals surface area (Å²) >= 11 is 3.47. The van der Waals surface area contributed by atoms with Crippen molar-refractivity contribution >= 4 is 35.4 Å². The zero-order valence-corrected chi connectivity index (χ0v) is 10.0. The van der Waals surface area contributed by atoms with Gasteiger partial charge in [-0.15, -0.1) is 0 Å². The summed E-state index contributed by atoms with van der Waals surface area (Å²) < 4.78 is 4.35. The third-order valence-corrected chi connectivity index (χ3v) is 2.73. The van der Waals surface area contributed by atoms with Gasteiger partial charge in [-0.3, -0.25) is 4.79 Å². The van der Waals surface area contributed by atoms with Gasteiger partial charge >= 0.3 is 5.97 Å². The monoisotopic (exact) mass is 246 g/mol. The van der Waals surface area contributed by atoms with Crippen LogP contribution in [-0.4, -0.2) is 11.8 Å². The molecule has 0 spiro atoms. The number of hydrogen-bond acceptors (Lipinski definition) is 4. The maximum absolute atomic E-state index is 11.3. The van der Waals surface area contributed by atoms with E-state index >= 15 is 0 Å². The highest BCUT2D eigenvalue weighted by atomic mass is 32.1. The van der Waals surface area contributed by atoms with E-state index in [-0.39, 0.29) is 5.78 Å². The zero-order chi connectivity index (χ0) is 12.4. The summed E-state index contributed by atoms with van der Waals surface area (Å²) in [4.78, 5) is 22.5. The van der Waals surface area contributed by atoms with E-state index in [2.05, 4.69) is 17.1 Å². The van der Waals surface area contributed by atoms with Gasteiger partial charge < -0.3 is 4.18 Å². The van der Waals surface area contributed by atoms with Crippen LogP contribution in [0.1, 0.15) is 27.6 Å². The molecule has 2 aromatic rings. The van der Waals surface area contributed by atoms with Gasteiger partial charge in [-0.05, 0) is 35.9 Å². The minimum atomic E-state index is -0.495. The average Bonchev–Trinajstić information content (AvgIpc) is 2.36. The molecule has 2 rings (SSSR count). The van der Waals surface area contributed by atoms with Gasteiger partial charge in [0.25, 0.3) is 0 Å². The first-order valence-electron chi connectivity index (χ1n) is 5.02. The molecular weight excluding hydrogens is 236 g/mol. The summed E-state index contributed by atoms with van der Waals surface area (Å²) in [5, 5.41) is 1.79. The van der Waals surface area contributed by atoms with E-state index in [0.29, 0.717) is 11.1 Å². The molecule has 0 aromatic heterocycles. The number of carbonyl (C=O) groups excluding carboxylic acids is 2. The van der Waals surface area contributed by atoms with Crippen molar-refractivity contribution in [1.82, 2.24) is 0 Å². The lowest BCUT2D eigenvalue weighted by molar-refractivity contribution is 0.0772. The quantitative estimate of drug-likeness (QED) is 0.503. The molecule has 0 aliphatic heterocycles. The molecule has 0 atom stereocenters. The van der Waals surface area contributed by atoms with Gasteiger partial charge in [0.05, 0.1) is 5.56 Å². The van der Waals surface area contributed by atoms with E-state index in [1.807, 2.05) is 0 Å². The Kier molecular flexibility index (Phi) is 3.15. The Balaban J connectivity index is 2.54. The fourth-order valence-corrected chi connectivity index (χ4v) is 1.75. The lowest BCUT2D eigenvalue weighted by Gasteiger charge is -2.03. The Hall–Kier alpha value is -1.81. The normalized spacial score (nSPS) is 10.2. The molecule has 0 bridgehead atoms. The standard InChI is InChI=1S/C13H10O3S/c1-8(14)9-2-3-11-7-12(13(15)16-17)5-4-10(11)6-9/h2-7,17H,1H3. The highest BCUT2D eigenvalue weighted by molar-refractivity contribution is 7.75. The third kappa shape index (κ3) is 2.31. The predicted molar refractivity (Wildman–Crippen MR) is 68.4 cm³/mol. The molecule has 17 heavy (non-hydrogen) atoms. The second-order valence-corrected chi connectivity index (χ2v) is 3.89. The lowest BCUT2D eigenvalue weighted by atomic mass is 10.0. The van der Waals surface area contributed by atoms with E-state index in [1.165, 1.54) is 6.92 Å². The molecule has 4 heteroatoms. The Morgan fingerprint density at radius 3 is 2.06 bits per heavy atom. The van der Waals surface area contributed by atoms with Crippen molar-refractivity contribution in [2.45, 2.75) is 6.92 Å². The van der Waals surface area contributed by atoms with Crippen LogP contribution in [0.2, 0.25) is 0 Å². The molecule has 2 aromatic carbocycles. The Morgan fingerprint density at radius 2 is 1.53 bits per heavy atom. The maximum Gasteiger partial charge on any atom is 0.349 e. The van der Waals surface area contributed by atoms with Gasteiger partial charge in [0.15, 0.2) is 5.78 Å². The van der Waals surface area contributed by atoms with E-state index in [0.717, 1.165) is 10.8 Å². The number of thiol groups is 1. The summed E-state index contributed by atoms with van der Waals surface area (Å²) in [6, 6.07) is 10.5. The Bertz CT molecular complexity index is 605. The maximum atomic E-state index is 11.3. The van der Waals surface area contributed by atoms with Crippen molar-refractivity contribution in [2.75, 3.05) is 0 Å². The Morgan fingerprint density at radius 1 is 1.00 bits per heavy atom. The molecule has 0 fully saturated rings. The summed E-state index contributed by atoms with van der Waals surface area (Å²) in [5.41, 5.74) is 1.09. The van der Waals surface area contributed by atoms with Crippen LogP contribution in [0.3, 0.4) is 0 Å². The molecule has 0 aliphatic carbocycles.